The summed E-state index contributed by atoms with van der Waals surface area (Å²) >= 11 is 1.50. The van der Waals surface area contributed by atoms with Gasteiger partial charge >= 0.3 is 0 Å². The number of aliphatic imine (C=N–C) groups is 1. The number of hydrogen-bond donors (Lipinski definition) is 0. The van der Waals surface area contributed by atoms with Gasteiger partial charge in [0.05, 0.1) is 24.1 Å². The van der Waals surface area contributed by atoms with Crippen molar-refractivity contribution in [2.24, 2.45) is 4.99 Å². The van der Waals surface area contributed by atoms with Crippen molar-refractivity contribution < 1.29 is 12.8 Å². The number of halogens is 1. The van der Waals surface area contributed by atoms with Crippen molar-refractivity contribution in [2.45, 2.75) is 31.7 Å². The second-order valence-corrected chi connectivity index (χ2v) is 10.6. The lowest BCUT2D eigenvalue weighted by Gasteiger charge is -2.26. The molecule has 4 nitrogen and oxygen atoms in total. The molecule has 0 spiro atoms. The Morgan fingerprint density at radius 2 is 1.85 bits per heavy atom. The first-order chi connectivity index (χ1) is 12.8. The summed E-state index contributed by atoms with van der Waals surface area (Å²) < 4.78 is 38.0. The number of rotatable bonds is 3. The Bertz CT molecular complexity index is 1000. The molecular weight excluding hydrogens is 383 g/mol. The SMILES string of the molecule is Cc1cc(C)cc(N(Cc2ccccc2F)C2=N[C@H]3CS(=O)(=O)C[C@H]3S2)c1. The molecule has 2 aliphatic rings. The average molecular weight is 405 g/mol. The number of nitrogens with zero attached hydrogens (tertiary/aromatic N) is 2. The van der Waals surface area contributed by atoms with E-state index < -0.39 is 9.84 Å². The lowest BCUT2D eigenvalue weighted by Crippen LogP contribution is -2.28. The molecule has 0 amide bonds. The Labute approximate surface area is 163 Å². The number of fused-ring (bicyclic) bond motifs is 1. The van der Waals surface area contributed by atoms with Gasteiger partial charge in [0.2, 0.25) is 0 Å². The molecule has 1 fully saturated rings. The van der Waals surface area contributed by atoms with E-state index in [1.54, 1.807) is 12.1 Å². The number of benzene rings is 2. The summed E-state index contributed by atoms with van der Waals surface area (Å²) in [5.74, 6) is 0.0165. The fraction of sp³-hybridized carbons (Fsp3) is 0.350. The molecule has 0 radical (unpaired) electrons. The number of hydrogen-bond acceptors (Lipinski definition) is 5. The predicted molar refractivity (Wildman–Crippen MR) is 110 cm³/mol. The minimum absolute atomic E-state index is 0.0426. The zero-order valence-corrected chi connectivity index (χ0v) is 16.9. The third-order valence-corrected chi connectivity index (χ3v) is 8.09. The molecule has 2 heterocycles. The number of thioether (sulfide) groups is 1. The smallest absolute Gasteiger partial charge is 0.164 e. The normalized spacial score (nSPS) is 23.1. The molecule has 0 bridgehead atoms. The Hall–Kier alpha value is -1.86. The van der Waals surface area contributed by atoms with Gasteiger partial charge in [0, 0.05) is 16.5 Å². The molecule has 7 heteroatoms. The second-order valence-electron chi connectivity index (χ2n) is 7.24. The van der Waals surface area contributed by atoms with E-state index in [2.05, 4.69) is 18.2 Å². The number of amidine groups is 1. The molecule has 2 aromatic carbocycles. The first kappa shape index (κ1) is 18.5. The fourth-order valence-corrected chi connectivity index (χ4v) is 7.42. The van der Waals surface area contributed by atoms with E-state index in [0.29, 0.717) is 12.1 Å². The monoisotopic (exact) mass is 404 g/mol. The molecule has 0 unspecified atom stereocenters. The van der Waals surface area contributed by atoms with E-state index in [1.165, 1.54) is 17.8 Å². The van der Waals surface area contributed by atoms with Crippen LogP contribution in [0.15, 0.2) is 47.5 Å². The first-order valence-corrected chi connectivity index (χ1v) is 11.5. The molecule has 2 aliphatic heterocycles. The fourth-order valence-electron chi connectivity index (χ4n) is 3.64. The van der Waals surface area contributed by atoms with Gasteiger partial charge in [-0.1, -0.05) is 36.0 Å². The largest absolute Gasteiger partial charge is 0.317 e. The van der Waals surface area contributed by atoms with Crippen LogP contribution in [0.4, 0.5) is 10.1 Å². The molecule has 0 N–H and O–H groups in total. The molecule has 27 heavy (non-hydrogen) atoms. The molecule has 0 saturated carbocycles. The maximum Gasteiger partial charge on any atom is 0.164 e. The van der Waals surface area contributed by atoms with Crippen LogP contribution < -0.4 is 4.90 Å². The van der Waals surface area contributed by atoms with Crippen LogP contribution in [-0.2, 0) is 16.4 Å². The minimum Gasteiger partial charge on any atom is -0.317 e. The Kier molecular flexibility index (Phi) is 4.76. The summed E-state index contributed by atoms with van der Waals surface area (Å²) in [4.78, 5) is 6.72. The van der Waals surface area contributed by atoms with Crippen LogP contribution >= 0.6 is 11.8 Å². The van der Waals surface area contributed by atoms with Crippen molar-refractivity contribution in [3.05, 3.63) is 65.0 Å². The van der Waals surface area contributed by atoms with Crippen molar-refractivity contribution in [2.75, 3.05) is 16.4 Å². The second kappa shape index (κ2) is 6.95. The van der Waals surface area contributed by atoms with E-state index >= 15 is 0 Å². The zero-order chi connectivity index (χ0) is 19.2. The summed E-state index contributed by atoms with van der Waals surface area (Å²) in [5, 5.41) is 0.729. The van der Waals surface area contributed by atoms with Gasteiger partial charge in [0.15, 0.2) is 15.0 Å². The highest BCUT2D eigenvalue weighted by Gasteiger charge is 2.44. The summed E-state index contributed by atoms with van der Waals surface area (Å²) in [7, 11) is -3.00. The average Bonchev–Trinajstić information content (AvgIpc) is 3.06. The van der Waals surface area contributed by atoms with E-state index in [0.717, 1.165) is 22.0 Å². The van der Waals surface area contributed by atoms with Gasteiger partial charge in [-0.3, -0.25) is 4.99 Å². The third-order valence-electron chi connectivity index (χ3n) is 4.84. The van der Waals surface area contributed by atoms with Crippen molar-refractivity contribution >= 4 is 32.5 Å². The molecule has 1 saturated heterocycles. The van der Waals surface area contributed by atoms with Gasteiger partial charge in [-0.25, -0.2) is 12.8 Å². The molecular formula is C20H21FN2O2S2. The van der Waals surface area contributed by atoms with E-state index in [4.69, 9.17) is 4.99 Å². The van der Waals surface area contributed by atoms with Crippen LogP contribution in [0, 0.1) is 19.7 Å². The maximum atomic E-state index is 14.3. The van der Waals surface area contributed by atoms with Gasteiger partial charge in [0.25, 0.3) is 0 Å². The topological polar surface area (TPSA) is 49.7 Å². The van der Waals surface area contributed by atoms with E-state index in [9.17, 15) is 12.8 Å². The molecule has 142 valence electrons. The maximum absolute atomic E-state index is 14.3. The number of sulfone groups is 1. The Balaban J connectivity index is 1.72. The zero-order valence-electron chi connectivity index (χ0n) is 15.2. The van der Waals surface area contributed by atoms with E-state index in [1.807, 2.05) is 24.8 Å². The standard InChI is InChI=1S/C20H21FN2O2S2/c1-13-7-14(2)9-16(8-13)23(10-15-5-3-4-6-17(15)21)20-22-18-11-27(24,25)12-19(18)26-20/h3-9,18-19H,10-12H2,1-2H3/t18-,19+/m0/s1. The van der Waals surface area contributed by atoms with Crippen LogP contribution in [0.25, 0.3) is 0 Å². The molecule has 4 rings (SSSR count). The summed E-state index contributed by atoms with van der Waals surface area (Å²) in [5.41, 5.74) is 3.78. The lowest BCUT2D eigenvalue weighted by atomic mass is 10.1. The quantitative estimate of drug-likeness (QED) is 0.782. The molecule has 2 atom stereocenters. The summed E-state index contributed by atoms with van der Waals surface area (Å²) in [6, 6.07) is 12.7. The first-order valence-electron chi connectivity index (χ1n) is 8.85. The molecule has 0 aromatic heterocycles. The van der Waals surface area contributed by atoms with Gasteiger partial charge < -0.3 is 4.90 Å². The van der Waals surface area contributed by atoms with Gasteiger partial charge in [-0.15, -0.1) is 0 Å². The molecule has 0 aliphatic carbocycles. The Morgan fingerprint density at radius 3 is 2.52 bits per heavy atom. The van der Waals surface area contributed by atoms with Gasteiger partial charge in [0.1, 0.15) is 5.82 Å². The van der Waals surface area contributed by atoms with Crippen LogP contribution in [0.5, 0.6) is 0 Å². The van der Waals surface area contributed by atoms with Crippen LogP contribution in [0.3, 0.4) is 0 Å². The number of anilines is 1. The summed E-state index contributed by atoms with van der Waals surface area (Å²) in [6.07, 6.45) is 0. The predicted octanol–water partition coefficient (Wildman–Crippen LogP) is 3.72. The van der Waals surface area contributed by atoms with E-state index in [-0.39, 0.29) is 28.6 Å². The van der Waals surface area contributed by atoms with Crippen molar-refractivity contribution in [3.63, 3.8) is 0 Å². The lowest BCUT2D eigenvalue weighted by molar-refractivity contribution is 0.601. The highest BCUT2D eigenvalue weighted by Crippen LogP contribution is 2.37. The van der Waals surface area contributed by atoms with Crippen LogP contribution in [-0.4, -0.2) is 36.4 Å². The van der Waals surface area contributed by atoms with Gasteiger partial charge in [-0.2, -0.15) is 0 Å². The van der Waals surface area contributed by atoms with Gasteiger partial charge in [-0.05, 0) is 43.2 Å². The number of aryl methyl sites for hydroxylation is 2. The van der Waals surface area contributed by atoms with Crippen molar-refractivity contribution in [3.8, 4) is 0 Å². The molecule has 2 aromatic rings. The highest BCUT2D eigenvalue weighted by molar-refractivity contribution is 8.15. The minimum atomic E-state index is -3.00. The Morgan fingerprint density at radius 1 is 1.15 bits per heavy atom. The third kappa shape index (κ3) is 3.89. The van der Waals surface area contributed by atoms with Crippen LogP contribution in [0.1, 0.15) is 16.7 Å². The highest BCUT2D eigenvalue weighted by atomic mass is 32.2. The van der Waals surface area contributed by atoms with Crippen LogP contribution in [0.2, 0.25) is 0 Å². The van der Waals surface area contributed by atoms with Crippen molar-refractivity contribution in [1.29, 1.82) is 0 Å². The van der Waals surface area contributed by atoms with Crippen molar-refractivity contribution in [1.82, 2.24) is 0 Å². The summed E-state index contributed by atoms with van der Waals surface area (Å²) in [6.45, 7) is 4.42.